The number of fused-ring (bicyclic) bond motifs is 2. The maximum atomic E-state index is 13.5. The summed E-state index contributed by atoms with van der Waals surface area (Å²) >= 11 is 6.63. The molecular weight excluding hydrogens is 542 g/mol. The van der Waals surface area contributed by atoms with E-state index in [9.17, 15) is 14.4 Å². The van der Waals surface area contributed by atoms with E-state index in [0.29, 0.717) is 46.5 Å². The average Bonchev–Trinajstić information content (AvgIpc) is 3.20. The van der Waals surface area contributed by atoms with Gasteiger partial charge in [0.1, 0.15) is 5.76 Å². The first-order chi connectivity index (χ1) is 19.8. The third-order valence-electron chi connectivity index (χ3n) is 7.66. The highest BCUT2D eigenvalue weighted by atomic mass is 35.5. The highest BCUT2D eigenvalue weighted by Gasteiger charge is 2.36. The molecule has 2 aliphatic rings. The summed E-state index contributed by atoms with van der Waals surface area (Å²) in [6.45, 7) is 4.70. The molecule has 0 radical (unpaired) electrons. The average molecular weight is 570 g/mol. The summed E-state index contributed by atoms with van der Waals surface area (Å²) in [5, 5.41) is 10.1. The summed E-state index contributed by atoms with van der Waals surface area (Å²) in [6, 6.07) is 20.1. The summed E-state index contributed by atoms with van der Waals surface area (Å²) in [7, 11) is 0. The molecule has 0 bridgehead atoms. The number of hydrogen-bond donors (Lipinski definition) is 2. The molecule has 0 spiro atoms. The van der Waals surface area contributed by atoms with Gasteiger partial charge in [-0.05, 0) is 55.3 Å². The van der Waals surface area contributed by atoms with Crippen LogP contribution in [0.3, 0.4) is 0 Å². The van der Waals surface area contributed by atoms with Crippen molar-refractivity contribution >= 4 is 46.4 Å². The SMILES string of the molecule is Cc1noc(C)c1CC(=O)Nc1ccc(N2CCN(C3c4ccccc4NC(=O)c4ccccc43)CC2=O)c(Cl)c1. The number of anilines is 3. The Balaban J connectivity index is 1.20. The Kier molecular flexibility index (Phi) is 7.07. The van der Waals surface area contributed by atoms with Crippen LogP contribution in [0.5, 0.6) is 0 Å². The molecule has 1 saturated heterocycles. The van der Waals surface area contributed by atoms with Gasteiger partial charge < -0.3 is 20.1 Å². The van der Waals surface area contributed by atoms with Gasteiger partial charge in [-0.3, -0.25) is 19.3 Å². The first-order valence-corrected chi connectivity index (χ1v) is 13.7. The predicted octanol–water partition coefficient (Wildman–Crippen LogP) is 5.13. The number of aromatic nitrogens is 1. The molecule has 1 fully saturated rings. The number of halogens is 1. The van der Waals surface area contributed by atoms with Crippen LogP contribution in [0.25, 0.3) is 0 Å². The van der Waals surface area contributed by atoms with Crippen molar-refractivity contribution < 1.29 is 18.9 Å². The maximum Gasteiger partial charge on any atom is 0.256 e. The molecule has 10 heteroatoms. The number of nitrogens with zero attached hydrogens (tertiary/aromatic N) is 3. The van der Waals surface area contributed by atoms with Crippen molar-refractivity contribution in [2.75, 3.05) is 35.2 Å². The van der Waals surface area contributed by atoms with Gasteiger partial charge in [-0.2, -0.15) is 0 Å². The van der Waals surface area contributed by atoms with E-state index in [4.69, 9.17) is 16.1 Å². The Morgan fingerprint density at radius 2 is 1.80 bits per heavy atom. The minimum atomic E-state index is -0.266. The van der Waals surface area contributed by atoms with Crippen molar-refractivity contribution in [1.82, 2.24) is 10.1 Å². The molecule has 9 nitrogen and oxygen atoms in total. The Bertz CT molecular complexity index is 1660. The molecular formula is C31H28ClN5O4. The largest absolute Gasteiger partial charge is 0.361 e. The van der Waals surface area contributed by atoms with Crippen molar-refractivity contribution in [2.45, 2.75) is 26.3 Å². The van der Waals surface area contributed by atoms with Gasteiger partial charge in [0, 0.05) is 35.6 Å². The van der Waals surface area contributed by atoms with Crippen LogP contribution in [0.4, 0.5) is 17.1 Å². The zero-order chi connectivity index (χ0) is 28.7. The van der Waals surface area contributed by atoms with Gasteiger partial charge >= 0.3 is 0 Å². The van der Waals surface area contributed by atoms with Crippen LogP contribution in [0, 0.1) is 13.8 Å². The van der Waals surface area contributed by atoms with E-state index >= 15 is 0 Å². The van der Waals surface area contributed by atoms with Gasteiger partial charge in [0.25, 0.3) is 5.91 Å². The standard InChI is InChI=1S/C31H28ClN5O4/c1-18-24(19(2)41-35-18)16-28(38)33-20-11-12-27(25(32)15-20)37-14-13-36(17-29(37)39)30-21-7-3-4-8-22(21)31(40)34-26-10-6-5-9-23(26)30/h3-12,15,30H,13-14,16-17H2,1-2H3,(H,33,38)(H,34,40). The monoisotopic (exact) mass is 569 g/mol. The second-order valence-corrected chi connectivity index (χ2v) is 10.6. The summed E-state index contributed by atoms with van der Waals surface area (Å²) < 4.78 is 5.14. The Hall–Kier alpha value is -4.47. The van der Waals surface area contributed by atoms with Crippen LogP contribution in [0.1, 0.15) is 44.5 Å². The van der Waals surface area contributed by atoms with Crippen LogP contribution >= 0.6 is 11.6 Å². The van der Waals surface area contributed by atoms with Crippen LogP contribution in [-0.4, -0.2) is 47.4 Å². The van der Waals surface area contributed by atoms with E-state index in [1.54, 1.807) is 36.9 Å². The quantitative estimate of drug-likeness (QED) is 0.345. The molecule has 0 saturated carbocycles. The zero-order valence-electron chi connectivity index (χ0n) is 22.6. The lowest BCUT2D eigenvalue weighted by Gasteiger charge is -2.39. The van der Waals surface area contributed by atoms with Gasteiger partial charge in [-0.1, -0.05) is 53.2 Å². The van der Waals surface area contributed by atoms with E-state index in [1.165, 1.54) is 0 Å². The molecule has 3 aromatic carbocycles. The lowest BCUT2D eigenvalue weighted by Crippen LogP contribution is -2.51. The minimum Gasteiger partial charge on any atom is -0.361 e. The first kappa shape index (κ1) is 26.7. The molecule has 0 aliphatic carbocycles. The fourth-order valence-corrected chi connectivity index (χ4v) is 5.91. The molecule has 2 N–H and O–H groups in total. The molecule has 4 aromatic rings. The van der Waals surface area contributed by atoms with E-state index in [2.05, 4.69) is 20.7 Å². The smallest absolute Gasteiger partial charge is 0.256 e. The third kappa shape index (κ3) is 5.10. The number of rotatable bonds is 5. The minimum absolute atomic E-state index is 0.105. The Labute approximate surface area is 242 Å². The number of carbonyl (C=O) groups excluding carboxylic acids is 3. The van der Waals surface area contributed by atoms with E-state index < -0.39 is 0 Å². The fraction of sp³-hybridized carbons (Fsp3) is 0.226. The predicted molar refractivity (Wildman–Crippen MR) is 156 cm³/mol. The summed E-state index contributed by atoms with van der Waals surface area (Å²) in [5.74, 6) is 0.130. The van der Waals surface area contributed by atoms with Crippen molar-refractivity contribution in [3.63, 3.8) is 0 Å². The molecule has 3 amide bonds. The molecule has 1 aromatic heterocycles. The molecule has 2 aliphatic heterocycles. The first-order valence-electron chi connectivity index (χ1n) is 13.3. The topological polar surface area (TPSA) is 108 Å². The number of carbonyl (C=O) groups is 3. The Morgan fingerprint density at radius 3 is 2.54 bits per heavy atom. The molecule has 1 unspecified atom stereocenters. The Morgan fingerprint density at radius 1 is 1.05 bits per heavy atom. The van der Waals surface area contributed by atoms with Crippen LogP contribution in [0.2, 0.25) is 5.02 Å². The molecule has 6 rings (SSSR count). The van der Waals surface area contributed by atoms with Crippen molar-refractivity contribution in [1.29, 1.82) is 0 Å². The highest BCUT2D eigenvalue weighted by molar-refractivity contribution is 6.34. The fourth-order valence-electron chi connectivity index (χ4n) is 5.63. The normalized spacial score (nSPS) is 17.0. The molecule has 208 valence electrons. The van der Waals surface area contributed by atoms with Crippen molar-refractivity contribution in [2.24, 2.45) is 0 Å². The maximum absolute atomic E-state index is 13.5. The van der Waals surface area contributed by atoms with Gasteiger partial charge in [0.05, 0.1) is 35.4 Å². The molecule has 1 atom stereocenters. The van der Waals surface area contributed by atoms with Gasteiger partial charge in [-0.15, -0.1) is 0 Å². The highest BCUT2D eigenvalue weighted by Crippen LogP contribution is 2.39. The van der Waals surface area contributed by atoms with Crippen LogP contribution in [0.15, 0.2) is 71.3 Å². The van der Waals surface area contributed by atoms with Gasteiger partial charge in [-0.25, -0.2) is 0 Å². The third-order valence-corrected chi connectivity index (χ3v) is 7.96. The number of piperazine rings is 1. The lowest BCUT2D eigenvalue weighted by atomic mass is 9.93. The number of amides is 3. The molecule has 41 heavy (non-hydrogen) atoms. The number of hydrogen-bond acceptors (Lipinski definition) is 6. The van der Waals surface area contributed by atoms with E-state index in [-0.39, 0.29) is 36.7 Å². The zero-order valence-corrected chi connectivity index (χ0v) is 23.4. The van der Waals surface area contributed by atoms with Crippen LogP contribution in [-0.2, 0) is 16.0 Å². The van der Waals surface area contributed by atoms with Crippen LogP contribution < -0.4 is 15.5 Å². The number of nitrogens with one attached hydrogen (secondary N) is 2. The number of para-hydroxylation sites is 1. The number of aryl methyl sites for hydroxylation is 2. The van der Waals surface area contributed by atoms with Crippen molar-refractivity contribution in [3.8, 4) is 0 Å². The molecule has 3 heterocycles. The van der Waals surface area contributed by atoms with E-state index in [1.807, 2.05) is 48.5 Å². The van der Waals surface area contributed by atoms with E-state index in [0.717, 1.165) is 22.4 Å². The summed E-state index contributed by atoms with van der Waals surface area (Å²) in [5.41, 5.74) is 5.70. The summed E-state index contributed by atoms with van der Waals surface area (Å²) in [4.78, 5) is 42.9. The summed E-state index contributed by atoms with van der Waals surface area (Å²) in [6.07, 6.45) is 0.134. The second kappa shape index (κ2) is 10.8. The van der Waals surface area contributed by atoms with Crippen molar-refractivity contribution in [3.05, 3.63) is 105 Å². The van der Waals surface area contributed by atoms with Gasteiger partial charge in [0.2, 0.25) is 11.8 Å². The lowest BCUT2D eigenvalue weighted by molar-refractivity contribution is -0.121. The van der Waals surface area contributed by atoms with Gasteiger partial charge in [0.15, 0.2) is 0 Å². The number of benzene rings is 3. The second-order valence-electron chi connectivity index (χ2n) is 10.2.